The first-order chi connectivity index (χ1) is 32.5. The van der Waals surface area contributed by atoms with Crippen molar-refractivity contribution < 1.29 is 42.1 Å². The lowest BCUT2D eigenvalue weighted by molar-refractivity contribution is -0.870. The van der Waals surface area contributed by atoms with E-state index >= 15 is 0 Å². The molecule has 9 nitrogen and oxygen atoms in total. The average molecular weight is 966 g/mol. The standard InChI is InChI=1S/C57H108NO8P/c1-6-8-10-12-14-16-18-20-22-24-26-28-30-31-33-35-37-39-41-43-45-47-49-56(59)63-53-55(54-65-67(61,62)64-52-51-58(3,4)5)66-57(60)50-48-46-44-42-40-38-36-34-32-29-27-25-23-21-19-17-15-13-11-9-7-2/h19,21,25,27,32,34,55H,6-18,20,22-24,26,28-31,33,35-54H2,1-5H3/b21-19-,27-25-,34-32-. The Balaban J connectivity index is 4.20. The van der Waals surface area contributed by atoms with E-state index in [1.165, 1.54) is 161 Å². The molecule has 0 aliphatic rings. The van der Waals surface area contributed by atoms with Crippen LogP contribution in [-0.2, 0) is 32.7 Å². The van der Waals surface area contributed by atoms with Crippen LogP contribution in [0.25, 0.3) is 0 Å². The summed E-state index contributed by atoms with van der Waals surface area (Å²) in [5, 5.41) is 0. The SMILES string of the molecule is CCCCCCC/C=C\C/C=C\C/C=C\CCCCCCCCC(=O)OC(COC(=O)CCCCCCCCCCCCCCCCCCCCCCCC)COP(=O)([O-])OCC[N+](C)(C)C. The van der Waals surface area contributed by atoms with E-state index in [4.69, 9.17) is 18.5 Å². The molecule has 0 aliphatic carbocycles. The van der Waals surface area contributed by atoms with Gasteiger partial charge in [-0.05, 0) is 51.4 Å². The summed E-state index contributed by atoms with van der Waals surface area (Å²) in [7, 11) is 1.16. The second-order valence-corrected chi connectivity index (χ2v) is 21.7. The van der Waals surface area contributed by atoms with Crippen LogP contribution in [0.4, 0.5) is 0 Å². The summed E-state index contributed by atoms with van der Waals surface area (Å²) in [6.07, 6.45) is 58.9. The van der Waals surface area contributed by atoms with E-state index in [-0.39, 0.29) is 32.0 Å². The largest absolute Gasteiger partial charge is 0.756 e. The lowest BCUT2D eigenvalue weighted by Gasteiger charge is -2.28. The lowest BCUT2D eigenvalue weighted by Crippen LogP contribution is -2.37. The van der Waals surface area contributed by atoms with Crippen molar-refractivity contribution in [1.82, 2.24) is 0 Å². The van der Waals surface area contributed by atoms with E-state index in [0.29, 0.717) is 17.4 Å². The number of hydrogen-bond acceptors (Lipinski definition) is 8. The number of likely N-dealkylation sites (N-methyl/N-ethyl adjacent to an activating group) is 1. The van der Waals surface area contributed by atoms with Crippen LogP contribution in [-0.4, -0.2) is 70.0 Å². The third kappa shape index (κ3) is 53.4. The molecule has 0 aromatic heterocycles. The van der Waals surface area contributed by atoms with Crippen LogP contribution in [0.3, 0.4) is 0 Å². The summed E-state index contributed by atoms with van der Waals surface area (Å²) < 4.78 is 34.1. The highest BCUT2D eigenvalue weighted by Gasteiger charge is 2.21. The number of nitrogens with zero attached hydrogens (tertiary/aromatic N) is 1. The quantitative estimate of drug-likeness (QED) is 0.0195. The topological polar surface area (TPSA) is 111 Å². The zero-order chi connectivity index (χ0) is 49.2. The van der Waals surface area contributed by atoms with Gasteiger partial charge in [0.1, 0.15) is 19.8 Å². The molecule has 0 rings (SSSR count). The minimum atomic E-state index is -4.64. The second kappa shape index (κ2) is 49.2. The summed E-state index contributed by atoms with van der Waals surface area (Å²) >= 11 is 0. The summed E-state index contributed by atoms with van der Waals surface area (Å²) in [5.41, 5.74) is 0. The van der Waals surface area contributed by atoms with Gasteiger partial charge in [0.25, 0.3) is 7.82 Å². The number of phosphoric ester groups is 1. The van der Waals surface area contributed by atoms with Gasteiger partial charge in [-0.2, -0.15) is 0 Å². The maximum Gasteiger partial charge on any atom is 0.306 e. The van der Waals surface area contributed by atoms with E-state index in [1.807, 2.05) is 21.1 Å². The first-order valence-electron chi connectivity index (χ1n) is 28.2. The highest BCUT2D eigenvalue weighted by atomic mass is 31.2. The molecule has 0 aromatic rings. The molecule has 0 saturated heterocycles. The number of esters is 2. The Bertz CT molecular complexity index is 1230. The van der Waals surface area contributed by atoms with Crippen LogP contribution < -0.4 is 4.89 Å². The van der Waals surface area contributed by atoms with Gasteiger partial charge in [-0.15, -0.1) is 0 Å². The van der Waals surface area contributed by atoms with Crippen molar-refractivity contribution in [3.63, 3.8) is 0 Å². The smallest absolute Gasteiger partial charge is 0.306 e. The van der Waals surface area contributed by atoms with Crippen LogP contribution in [0.5, 0.6) is 0 Å². The molecule has 0 spiro atoms. The van der Waals surface area contributed by atoms with E-state index in [0.717, 1.165) is 70.6 Å². The number of quaternary nitrogens is 1. The van der Waals surface area contributed by atoms with E-state index < -0.39 is 26.5 Å². The number of rotatable bonds is 52. The fourth-order valence-electron chi connectivity index (χ4n) is 8.02. The Hall–Kier alpha value is -1.77. The molecule has 0 saturated carbocycles. The molecule has 0 bridgehead atoms. The number of allylic oxidation sites excluding steroid dienone is 6. The van der Waals surface area contributed by atoms with E-state index in [1.54, 1.807) is 0 Å². The van der Waals surface area contributed by atoms with Gasteiger partial charge in [0.15, 0.2) is 6.10 Å². The summed E-state index contributed by atoms with van der Waals surface area (Å²) in [5.74, 6) is -0.836. The minimum Gasteiger partial charge on any atom is -0.756 e. The first kappa shape index (κ1) is 65.2. The summed E-state index contributed by atoms with van der Waals surface area (Å²) in [4.78, 5) is 37.8. The van der Waals surface area contributed by atoms with Crippen molar-refractivity contribution in [2.24, 2.45) is 0 Å². The summed E-state index contributed by atoms with van der Waals surface area (Å²) in [6, 6.07) is 0. The third-order valence-electron chi connectivity index (χ3n) is 12.4. The zero-order valence-corrected chi connectivity index (χ0v) is 45.5. The van der Waals surface area contributed by atoms with E-state index in [9.17, 15) is 19.0 Å². The van der Waals surface area contributed by atoms with Gasteiger partial charge in [0, 0.05) is 12.8 Å². The van der Waals surface area contributed by atoms with Gasteiger partial charge in [-0.25, -0.2) is 0 Å². The molecule has 0 amide bonds. The third-order valence-corrected chi connectivity index (χ3v) is 13.4. The minimum absolute atomic E-state index is 0.0325. The van der Waals surface area contributed by atoms with Gasteiger partial charge in [-0.3, -0.25) is 14.2 Å². The molecule has 0 aromatic carbocycles. The molecule has 2 unspecified atom stereocenters. The highest BCUT2D eigenvalue weighted by molar-refractivity contribution is 7.45. The molecular weight excluding hydrogens is 858 g/mol. The van der Waals surface area contributed by atoms with Crippen molar-refractivity contribution in [2.45, 2.75) is 270 Å². The van der Waals surface area contributed by atoms with Crippen LogP contribution >= 0.6 is 7.82 Å². The number of carbonyl (C=O) groups excluding carboxylic acids is 2. The summed E-state index contributed by atoms with van der Waals surface area (Å²) in [6.45, 7) is 4.25. The zero-order valence-electron chi connectivity index (χ0n) is 44.6. The molecule has 2 atom stereocenters. The van der Waals surface area contributed by atoms with Crippen LogP contribution in [0.2, 0.25) is 0 Å². The van der Waals surface area contributed by atoms with Gasteiger partial charge >= 0.3 is 11.9 Å². The van der Waals surface area contributed by atoms with Crippen LogP contribution in [0.15, 0.2) is 36.5 Å². The predicted octanol–water partition coefficient (Wildman–Crippen LogP) is 16.6. The Labute approximate surface area is 414 Å². The van der Waals surface area contributed by atoms with E-state index in [2.05, 4.69) is 50.3 Å². The number of carbonyl (C=O) groups is 2. The Morgan fingerprint density at radius 3 is 1.19 bits per heavy atom. The molecule has 0 radical (unpaired) electrons. The first-order valence-corrected chi connectivity index (χ1v) is 29.7. The van der Waals surface area contributed by atoms with Crippen LogP contribution in [0.1, 0.15) is 264 Å². The maximum absolute atomic E-state index is 12.8. The number of ether oxygens (including phenoxy) is 2. The molecule has 0 N–H and O–H groups in total. The molecule has 0 heterocycles. The van der Waals surface area contributed by atoms with Crippen LogP contribution in [0, 0.1) is 0 Å². The average Bonchev–Trinajstić information content (AvgIpc) is 3.29. The predicted molar refractivity (Wildman–Crippen MR) is 282 cm³/mol. The number of unbranched alkanes of at least 4 members (excludes halogenated alkanes) is 32. The molecule has 67 heavy (non-hydrogen) atoms. The molecule has 394 valence electrons. The van der Waals surface area contributed by atoms with Crippen molar-refractivity contribution in [3.05, 3.63) is 36.5 Å². The molecule has 10 heteroatoms. The van der Waals surface area contributed by atoms with Gasteiger partial charge in [-0.1, -0.05) is 237 Å². The fourth-order valence-corrected chi connectivity index (χ4v) is 8.75. The number of hydrogen-bond donors (Lipinski definition) is 0. The van der Waals surface area contributed by atoms with Crippen molar-refractivity contribution >= 4 is 19.8 Å². The molecule has 0 aliphatic heterocycles. The Kier molecular flexibility index (Phi) is 47.9. The second-order valence-electron chi connectivity index (χ2n) is 20.3. The fraction of sp³-hybridized carbons (Fsp3) is 0.860. The van der Waals surface area contributed by atoms with Gasteiger partial charge in [0.2, 0.25) is 0 Å². The van der Waals surface area contributed by atoms with Crippen molar-refractivity contribution in [1.29, 1.82) is 0 Å². The lowest BCUT2D eigenvalue weighted by atomic mass is 10.0. The highest BCUT2D eigenvalue weighted by Crippen LogP contribution is 2.38. The molecular formula is C57H108NO8P. The number of phosphoric acid groups is 1. The van der Waals surface area contributed by atoms with Gasteiger partial charge in [0.05, 0.1) is 27.7 Å². The normalized spacial score (nSPS) is 13.6. The maximum atomic E-state index is 12.8. The Morgan fingerprint density at radius 2 is 0.806 bits per heavy atom. The van der Waals surface area contributed by atoms with Gasteiger partial charge < -0.3 is 27.9 Å². The monoisotopic (exact) mass is 966 g/mol. The van der Waals surface area contributed by atoms with Crippen molar-refractivity contribution in [2.75, 3.05) is 47.5 Å². The van der Waals surface area contributed by atoms with Crippen molar-refractivity contribution in [3.8, 4) is 0 Å². The molecule has 0 fully saturated rings. The Morgan fingerprint density at radius 1 is 0.463 bits per heavy atom.